The van der Waals surface area contributed by atoms with E-state index in [2.05, 4.69) is 23.1 Å². The van der Waals surface area contributed by atoms with Crippen molar-refractivity contribution in [3.8, 4) is 0 Å². The van der Waals surface area contributed by atoms with E-state index in [1.54, 1.807) is 0 Å². The van der Waals surface area contributed by atoms with Gasteiger partial charge in [-0.15, -0.1) is 0 Å². The number of para-hydroxylation sites is 1. The van der Waals surface area contributed by atoms with Gasteiger partial charge in [-0.3, -0.25) is 4.79 Å². The molecule has 0 aromatic heterocycles. The van der Waals surface area contributed by atoms with Crippen molar-refractivity contribution in [1.82, 2.24) is 0 Å². The Labute approximate surface area is 90.2 Å². The molecule has 1 aromatic rings. The monoisotopic (exact) mass is 201 g/mol. The Hall–Kier alpha value is -1.57. The Morgan fingerprint density at radius 2 is 1.93 bits per heavy atom. The number of ketones is 1. The van der Waals surface area contributed by atoms with Crippen LogP contribution in [0.3, 0.4) is 0 Å². The highest BCUT2D eigenvalue weighted by Crippen LogP contribution is 2.23. The Kier molecular flexibility index (Phi) is 2.58. The van der Waals surface area contributed by atoms with Crippen molar-refractivity contribution in [2.75, 3.05) is 11.9 Å². The van der Waals surface area contributed by atoms with Crippen LogP contribution in [0.1, 0.15) is 13.3 Å². The van der Waals surface area contributed by atoms with Crippen LogP contribution in [0.25, 0.3) is 0 Å². The fourth-order valence-electron chi connectivity index (χ4n) is 1.89. The summed E-state index contributed by atoms with van der Waals surface area (Å²) in [6, 6.07) is 10.4. The van der Waals surface area contributed by atoms with Crippen LogP contribution >= 0.6 is 0 Å². The van der Waals surface area contributed by atoms with E-state index < -0.39 is 0 Å². The van der Waals surface area contributed by atoms with E-state index in [4.69, 9.17) is 0 Å². The lowest BCUT2D eigenvalue weighted by Crippen LogP contribution is -2.28. The quantitative estimate of drug-likeness (QED) is 0.732. The van der Waals surface area contributed by atoms with Gasteiger partial charge in [-0.2, -0.15) is 0 Å². The van der Waals surface area contributed by atoms with Gasteiger partial charge < -0.3 is 4.90 Å². The molecule has 1 atom stereocenters. The van der Waals surface area contributed by atoms with Crippen LogP contribution in [-0.4, -0.2) is 18.9 Å². The number of rotatable bonds is 2. The maximum absolute atomic E-state index is 11.4. The van der Waals surface area contributed by atoms with Crippen LogP contribution in [0.4, 0.5) is 5.69 Å². The number of benzene rings is 1. The van der Waals surface area contributed by atoms with Crippen LogP contribution in [0, 0.1) is 0 Å². The summed E-state index contributed by atoms with van der Waals surface area (Å²) in [5.74, 6) is 0.266. The molecule has 2 rings (SSSR count). The molecule has 2 nitrogen and oxygen atoms in total. The summed E-state index contributed by atoms with van der Waals surface area (Å²) in [6.45, 7) is 1.89. The van der Waals surface area contributed by atoms with Gasteiger partial charge in [0, 0.05) is 19.2 Å². The predicted molar refractivity (Wildman–Crippen MR) is 62.0 cm³/mol. The minimum Gasteiger partial charge on any atom is -0.368 e. The zero-order chi connectivity index (χ0) is 10.8. The Balaban J connectivity index is 2.17. The second kappa shape index (κ2) is 3.89. The molecule has 1 aromatic carbocycles. The fourth-order valence-corrected chi connectivity index (χ4v) is 1.89. The summed E-state index contributed by atoms with van der Waals surface area (Å²) >= 11 is 0. The molecule has 0 heterocycles. The van der Waals surface area contributed by atoms with Gasteiger partial charge in [0.2, 0.25) is 0 Å². The molecule has 1 unspecified atom stereocenters. The number of anilines is 1. The van der Waals surface area contributed by atoms with Crippen molar-refractivity contribution in [2.45, 2.75) is 19.4 Å². The molecule has 0 fully saturated rings. The highest BCUT2D eigenvalue weighted by atomic mass is 16.1. The Morgan fingerprint density at radius 3 is 2.47 bits per heavy atom. The maximum atomic E-state index is 11.4. The van der Waals surface area contributed by atoms with Crippen molar-refractivity contribution in [1.29, 1.82) is 0 Å². The molecular formula is C13H15NO. The molecule has 15 heavy (non-hydrogen) atoms. The number of Topliss-reactive ketones (excluding diaryl/α,β-unsaturated/α-hetero) is 1. The largest absolute Gasteiger partial charge is 0.368 e. The number of hydrogen-bond acceptors (Lipinski definition) is 2. The SMILES string of the molecule is CC1=CC(N(C)c2ccccc2)CC1=O. The molecule has 1 aliphatic rings. The number of allylic oxidation sites excluding steroid dienone is 1. The van der Waals surface area contributed by atoms with Gasteiger partial charge in [-0.25, -0.2) is 0 Å². The van der Waals surface area contributed by atoms with Crippen molar-refractivity contribution < 1.29 is 4.79 Å². The smallest absolute Gasteiger partial charge is 0.160 e. The highest BCUT2D eigenvalue weighted by Gasteiger charge is 2.24. The van der Waals surface area contributed by atoms with Crippen molar-refractivity contribution in [2.24, 2.45) is 0 Å². The number of hydrogen-bond donors (Lipinski definition) is 0. The van der Waals surface area contributed by atoms with Gasteiger partial charge >= 0.3 is 0 Å². The van der Waals surface area contributed by atoms with E-state index in [1.165, 1.54) is 0 Å². The van der Waals surface area contributed by atoms with Gasteiger partial charge in [-0.05, 0) is 24.6 Å². The third-order valence-electron chi connectivity index (χ3n) is 2.94. The normalized spacial score (nSPS) is 20.3. The molecule has 0 aliphatic heterocycles. The topological polar surface area (TPSA) is 20.3 Å². The summed E-state index contributed by atoms with van der Waals surface area (Å²) in [4.78, 5) is 13.6. The van der Waals surface area contributed by atoms with Gasteiger partial charge in [0.05, 0.1) is 6.04 Å². The minimum atomic E-state index is 0.222. The second-order valence-electron chi connectivity index (χ2n) is 3.99. The number of carbonyl (C=O) groups is 1. The second-order valence-corrected chi connectivity index (χ2v) is 3.99. The van der Waals surface area contributed by atoms with Crippen molar-refractivity contribution >= 4 is 11.5 Å². The van der Waals surface area contributed by atoms with E-state index in [0.29, 0.717) is 6.42 Å². The summed E-state index contributed by atoms with van der Waals surface area (Å²) in [6.07, 6.45) is 2.66. The molecule has 0 radical (unpaired) electrons. The van der Waals surface area contributed by atoms with E-state index in [9.17, 15) is 4.79 Å². The number of carbonyl (C=O) groups excluding carboxylic acids is 1. The summed E-state index contributed by atoms with van der Waals surface area (Å²) in [7, 11) is 2.03. The molecule has 1 aliphatic carbocycles. The standard InChI is InChI=1S/C13H15NO/c1-10-8-12(9-13(10)15)14(2)11-6-4-3-5-7-11/h3-8,12H,9H2,1-2H3. The van der Waals surface area contributed by atoms with Crippen molar-refractivity contribution in [3.63, 3.8) is 0 Å². The van der Waals surface area contributed by atoms with E-state index in [-0.39, 0.29) is 11.8 Å². The van der Waals surface area contributed by atoms with E-state index in [1.807, 2.05) is 32.2 Å². The molecule has 0 spiro atoms. The maximum Gasteiger partial charge on any atom is 0.160 e. The number of likely N-dealkylation sites (N-methyl/N-ethyl adjacent to an activating group) is 1. The number of nitrogens with zero attached hydrogens (tertiary/aromatic N) is 1. The Bertz CT molecular complexity index is 394. The first-order valence-corrected chi connectivity index (χ1v) is 5.18. The predicted octanol–water partition coefficient (Wildman–Crippen LogP) is 2.41. The van der Waals surface area contributed by atoms with Crippen LogP contribution in [0.2, 0.25) is 0 Å². The Morgan fingerprint density at radius 1 is 1.27 bits per heavy atom. The molecule has 0 N–H and O–H groups in total. The van der Waals surface area contributed by atoms with E-state index >= 15 is 0 Å². The zero-order valence-corrected chi connectivity index (χ0v) is 9.10. The van der Waals surface area contributed by atoms with E-state index in [0.717, 1.165) is 11.3 Å². The molecule has 0 saturated carbocycles. The molecule has 0 amide bonds. The molecule has 78 valence electrons. The van der Waals surface area contributed by atoms with Crippen LogP contribution in [-0.2, 0) is 4.79 Å². The minimum absolute atomic E-state index is 0.222. The van der Waals surface area contributed by atoms with Gasteiger partial charge in [0.1, 0.15) is 0 Å². The third kappa shape index (κ3) is 1.94. The summed E-state index contributed by atoms with van der Waals surface area (Å²) in [5, 5.41) is 0. The van der Waals surface area contributed by atoms with Crippen LogP contribution in [0.15, 0.2) is 42.0 Å². The van der Waals surface area contributed by atoms with Crippen LogP contribution < -0.4 is 4.90 Å². The van der Waals surface area contributed by atoms with Crippen LogP contribution in [0.5, 0.6) is 0 Å². The average molecular weight is 201 g/mol. The first-order valence-electron chi connectivity index (χ1n) is 5.18. The average Bonchev–Trinajstić information content (AvgIpc) is 2.59. The first-order chi connectivity index (χ1) is 7.18. The lowest BCUT2D eigenvalue weighted by Gasteiger charge is -2.24. The van der Waals surface area contributed by atoms with Gasteiger partial charge in [0.25, 0.3) is 0 Å². The molecular weight excluding hydrogens is 186 g/mol. The molecule has 2 heteroatoms. The molecule has 0 saturated heterocycles. The fraction of sp³-hybridized carbons (Fsp3) is 0.308. The summed E-state index contributed by atoms with van der Waals surface area (Å²) < 4.78 is 0. The van der Waals surface area contributed by atoms with Crippen molar-refractivity contribution in [3.05, 3.63) is 42.0 Å². The highest BCUT2D eigenvalue weighted by molar-refractivity contribution is 5.98. The van der Waals surface area contributed by atoms with Gasteiger partial charge in [0.15, 0.2) is 5.78 Å². The first kappa shape index (κ1) is 9.97. The lowest BCUT2D eigenvalue weighted by atomic mass is 10.2. The third-order valence-corrected chi connectivity index (χ3v) is 2.94. The lowest BCUT2D eigenvalue weighted by molar-refractivity contribution is -0.115. The summed E-state index contributed by atoms with van der Waals surface area (Å²) in [5.41, 5.74) is 2.05. The van der Waals surface area contributed by atoms with Gasteiger partial charge in [-0.1, -0.05) is 24.3 Å². The zero-order valence-electron chi connectivity index (χ0n) is 9.10. The molecule has 0 bridgehead atoms.